The summed E-state index contributed by atoms with van der Waals surface area (Å²) in [5.41, 5.74) is 7.56. The Kier molecular flexibility index (Phi) is 2.68. The van der Waals surface area contributed by atoms with Crippen LogP contribution in [0.25, 0.3) is 0 Å². The number of benzene rings is 1. The Bertz CT molecular complexity index is 725. The molecule has 2 aliphatic heterocycles. The van der Waals surface area contributed by atoms with E-state index in [1.54, 1.807) is 17.3 Å². The van der Waals surface area contributed by atoms with Crippen molar-refractivity contribution in [1.29, 1.82) is 5.26 Å². The highest BCUT2D eigenvalue weighted by Gasteiger charge is 2.27. The van der Waals surface area contributed by atoms with E-state index in [0.717, 1.165) is 23.8 Å². The van der Waals surface area contributed by atoms with Gasteiger partial charge in [0, 0.05) is 30.6 Å². The standard InChI is InChI=1S/C14H10F2N4/c15-9-1-2-12(16)13(3-9)20-6-8-5-19-14(18)10(4-17)11(8)7-20/h1-3,5,7,19H,6,18H2. The molecule has 0 amide bonds. The first kappa shape index (κ1) is 12.2. The van der Waals surface area contributed by atoms with E-state index in [4.69, 9.17) is 11.0 Å². The summed E-state index contributed by atoms with van der Waals surface area (Å²) in [6, 6.07) is 5.27. The molecule has 2 aliphatic rings. The van der Waals surface area contributed by atoms with E-state index in [-0.39, 0.29) is 11.5 Å². The topological polar surface area (TPSA) is 65.1 Å². The van der Waals surface area contributed by atoms with Gasteiger partial charge in [-0.3, -0.25) is 0 Å². The highest BCUT2D eigenvalue weighted by molar-refractivity contribution is 5.67. The van der Waals surface area contributed by atoms with Gasteiger partial charge in [0.15, 0.2) is 0 Å². The number of nitriles is 1. The number of nitrogens with two attached hydrogens (primary N) is 1. The first-order valence-electron chi connectivity index (χ1n) is 5.90. The predicted molar refractivity (Wildman–Crippen MR) is 69.8 cm³/mol. The smallest absolute Gasteiger partial charge is 0.147 e. The summed E-state index contributed by atoms with van der Waals surface area (Å²) < 4.78 is 27.0. The van der Waals surface area contributed by atoms with Gasteiger partial charge in [0.25, 0.3) is 0 Å². The molecule has 3 N–H and O–H groups in total. The average molecular weight is 272 g/mol. The van der Waals surface area contributed by atoms with E-state index in [1.807, 2.05) is 6.07 Å². The van der Waals surface area contributed by atoms with Crippen LogP contribution in [0.1, 0.15) is 0 Å². The zero-order chi connectivity index (χ0) is 14.3. The maximum atomic E-state index is 13.8. The number of nitrogens with zero attached hydrogens (tertiary/aromatic N) is 2. The van der Waals surface area contributed by atoms with E-state index < -0.39 is 11.6 Å². The molecule has 4 nitrogen and oxygen atoms in total. The fraction of sp³-hybridized carbons (Fsp3) is 0.0714. The quantitative estimate of drug-likeness (QED) is 0.819. The second-order valence-corrected chi connectivity index (χ2v) is 4.48. The Labute approximate surface area is 114 Å². The molecule has 20 heavy (non-hydrogen) atoms. The first-order chi connectivity index (χ1) is 9.60. The van der Waals surface area contributed by atoms with E-state index in [1.165, 1.54) is 0 Å². The van der Waals surface area contributed by atoms with Crippen LogP contribution in [0.4, 0.5) is 14.5 Å². The van der Waals surface area contributed by atoms with Crippen molar-refractivity contribution in [3.8, 4) is 6.07 Å². The number of fused-ring (bicyclic) bond motifs is 1. The number of rotatable bonds is 1. The minimum atomic E-state index is -0.522. The highest BCUT2D eigenvalue weighted by atomic mass is 19.1. The van der Waals surface area contributed by atoms with E-state index in [2.05, 4.69) is 5.32 Å². The Morgan fingerprint density at radius 1 is 1.35 bits per heavy atom. The summed E-state index contributed by atoms with van der Waals surface area (Å²) in [7, 11) is 0. The predicted octanol–water partition coefficient (Wildman–Crippen LogP) is 1.85. The summed E-state index contributed by atoms with van der Waals surface area (Å²) >= 11 is 0. The van der Waals surface area contributed by atoms with Crippen LogP contribution in [0.15, 0.2) is 53.1 Å². The number of allylic oxidation sites excluding steroid dienone is 1. The van der Waals surface area contributed by atoms with Crippen molar-refractivity contribution in [3.63, 3.8) is 0 Å². The van der Waals surface area contributed by atoms with Crippen LogP contribution in [-0.4, -0.2) is 6.54 Å². The van der Waals surface area contributed by atoms with E-state index in [0.29, 0.717) is 17.7 Å². The van der Waals surface area contributed by atoms with Gasteiger partial charge in [0.1, 0.15) is 29.1 Å². The fourth-order valence-corrected chi connectivity index (χ4v) is 2.26. The molecule has 0 radical (unpaired) electrons. The van der Waals surface area contributed by atoms with Crippen molar-refractivity contribution >= 4 is 5.69 Å². The summed E-state index contributed by atoms with van der Waals surface area (Å²) in [6.07, 6.45) is 3.27. The lowest BCUT2D eigenvalue weighted by atomic mass is 10.0. The van der Waals surface area contributed by atoms with Crippen molar-refractivity contribution in [2.24, 2.45) is 5.73 Å². The van der Waals surface area contributed by atoms with Gasteiger partial charge >= 0.3 is 0 Å². The zero-order valence-electron chi connectivity index (χ0n) is 10.3. The molecule has 0 saturated heterocycles. The summed E-state index contributed by atoms with van der Waals surface area (Å²) in [5.74, 6) is -0.785. The van der Waals surface area contributed by atoms with Crippen LogP contribution in [0, 0.1) is 23.0 Å². The number of anilines is 1. The van der Waals surface area contributed by atoms with Gasteiger partial charge in [0.05, 0.1) is 5.69 Å². The average Bonchev–Trinajstić information content (AvgIpc) is 2.85. The molecular formula is C14H10F2N4. The van der Waals surface area contributed by atoms with Gasteiger partial charge in [-0.25, -0.2) is 8.78 Å². The van der Waals surface area contributed by atoms with Crippen LogP contribution in [0.3, 0.4) is 0 Å². The fourth-order valence-electron chi connectivity index (χ4n) is 2.26. The van der Waals surface area contributed by atoms with Gasteiger partial charge in [-0.2, -0.15) is 5.26 Å². The second-order valence-electron chi connectivity index (χ2n) is 4.48. The minimum Gasteiger partial charge on any atom is -0.384 e. The van der Waals surface area contributed by atoms with Crippen molar-refractivity contribution in [3.05, 3.63) is 64.8 Å². The third-order valence-corrected chi connectivity index (χ3v) is 3.24. The Hall–Kier alpha value is -2.81. The Balaban J connectivity index is 2.05. The number of dihydropyridines is 1. The lowest BCUT2D eigenvalue weighted by molar-refractivity contribution is 0.599. The van der Waals surface area contributed by atoms with Crippen LogP contribution in [-0.2, 0) is 0 Å². The van der Waals surface area contributed by atoms with Gasteiger partial charge in [-0.05, 0) is 17.7 Å². The maximum absolute atomic E-state index is 13.8. The molecule has 1 aromatic rings. The molecule has 0 saturated carbocycles. The van der Waals surface area contributed by atoms with Gasteiger partial charge < -0.3 is 16.0 Å². The highest BCUT2D eigenvalue weighted by Crippen LogP contribution is 2.34. The normalized spacial score (nSPS) is 17.1. The molecule has 0 aromatic heterocycles. The lowest BCUT2D eigenvalue weighted by Crippen LogP contribution is -2.23. The molecule has 0 aliphatic carbocycles. The van der Waals surface area contributed by atoms with E-state index >= 15 is 0 Å². The Morgan fingerprint density at radius 2 is 2.15 bits per heavy atom. The largest absolute Gasteiger partial charge is 0.384 e. The number of hydrogen-bond donors (Lipinski definition) is 2. The molecule has 0 fully saturated rings. The third kappa shape index (κ3) is 1.80. The lowest BCUT2D eigenvalue weighted by Gasteiger charge is -2.17. The van der Waals surface area contributed by atoms with Crippen molar-refractivity contribution in [1.82, 2.24) is 5.32 Å². The molecule has 2 heterocycles. The van der Waals surface area contributed by atoms with Crippen LogP contribution < -0.4 is 16.0 Å². The Morgan fingerprint density at radius 3 is 2.90 bits per heavy atom. The van der Waals surface area contributed by atoms with Gasteiger partial charge in [-0.15, -0.1) is 0 Å². The molecule has 3 rings (SSSR count). The summed E-state index contributed by atoms with van der Waals surface area (Å²) in [6.45, 7) is 0.348. The zero-order valence-corrected chi connectivity index (χ0v) is 10.3. The molecule has 0 spiro atoms. The van der Waals surface area contributed by atoms with Crippen LogP contribution in [0.2, 0.25) is 0 Å². The van der Waals surface area contributed by atoms with E-state index in [9.17, 15) is 8.78 Å². The van der Waals surface area contributed by atoms with Gasteiger partial charge in [0.2, 0.25) is 0 Å². The van der Waals surface area contributed by atoms with Gasteiger partial charge in [-0.1, -0.05) is 0 Å². The minimum absolute atomic E-state index is 0.128. The molecule has 100 valence electrons. The maximum Gasteiger partial charge on any atom is 0.147 e. The van der Waals surface area contributed by atoms with Crippen molar-refractivity contribution < 1.29 is 8.78 Å². The molecule has 0 atom stereocenters. The molecule has 1 aromatic carbocycles. The third-order valence-electron chi connectivity index (χ3n) is 3.24. The summed E-state index contributed by atoms with van der Waals surface area (Å²) in [4.78, 5) is 1.55. The second kappa shape index (κ2) is 4.38. The van der Waals surface area contributed by atoms with Crippen LogP contribution in [0.5, 0.6) is 0 Å². The molecular weight excluding hydrogens is 262 g/mol. The monoisotopic (exact) mass is 272 g/mol. The van der Waals surface area contributed by atoms with Crippen molar-refractivity contribution in [2.45, 2.75) is 0 Å². The SMILES string of the molecule is N#CC1=C(N)NC=C2CN(c3cc(F)ccc3F)C=C21. The molecule has 6 heteroatoms. The number of nitrogens with one attached hydrogen (secondary N) is 1. The number of halogens is 2. The first-order valence-corrected chi connectivity index (χ1v) is 5.90. The van der Waals surface area contributed by atoms with Crippen LogP contribution >= 0.6 is 0 Å². The summed E-state index contributed by atoms with van der Waals surface area (Å²) in [5, 5.41) is 11.9. The number of hydrogen-bond acceptors (Lipinski definition) is 4. The molecule has 0 unspecified atom stereocenters. The van der Waals surface area contributed by atoms with Crippen molar-refractivity contribution in [2.75, 3.05) is 11.4 Å². The molecule has 0 bridgehead atoms.